The van der Waals surface area contributed by atoms with Gasteiger partial charge < -0.3 is 19.5 Å². The fraction of sp³-hybridized carbons (Fsp3) is 0.750. The molecule has 1 heterocycles. The highest BCUT2D eigenvalue weighted by atomic mass is 16.7. The Hall–Kier alpha value is -1.11. The Morgan fingerprint density at radius 1 is 1.28 bits per heavy atom. The van der Waals surface area contributed by atoms with E-state index >= 15 is 0 Å². The molecule has 0 saturated carbocycles. The van der Waals surface area contributed by atoms with Crippen molar-refractivity contribution in [1.29, 1.82) is 0 Å². The molecule has 18 heavy (non-hydrogen) atoms. The van der Waals surface area contributed by atoms with Gasteiger partial charge in [0.2, 0.25) is 0 Å². The van der Waals surface area contributed by atoms with Gasteiger partial charge in [-0.1, -0.05) is 6.92 Å². The van der Waals surface area contributed by atoms with Gasteiger partial charge in [-0.2, -0.15) is 5.10 Å². The van der Waals surface area contributed by atoms with Crippen LogP contribution in [0, 0.1) is 0 Å². The smallest absolute Gasteiger partial charge is 0.177 e. The normalized spacial score (nSPS) is 13.0. The van der Waals surface area contributed by atoms with Gasteiger partial charge in [0.15, 0.2) is 12.0 Å². The molecular formula is C12H23N3O3. The van der Waals surface area contributed by atoms with E-state index in [0.717, 1.165) is 24.5 Å². The summed E-state index contributed by atoms with van der Waals surface area (Å²) in [6.07, 6.45) is 1.33. The monoisotopic (exact) mass is 257 g/mol. The highest BCUT2D eigenvalue weighted by molar-refractivity contribution is 5.29. The summed E-state index contributed by atoms with van der Waals surface area (Å²) in [6.45, 7) is 5.63. The maximum absolute atomic E-state index is 5.36. The second kappa shape index (κ2) is 7.35. The molecule has 0 bridgehead atoms. The molecule has 0 spiro atoms. The van der Waals surface area contributed by atoms with Crippen molar-refractivity contribution in [2.45, 2.75) is 32.7 Å². The Kier molecular flexibility index (Phi) is 6.11. The number of aromatic nitrogens is 2. The van der Waals surface area contributed by atoms with E-state index in [2.05, 4.69) is 10.4 Å². The minimum atomic E-state index is -0.388. The predicted octanol–water partition coefficient (Wildman–Crippen LogP) is 1.18. The first-order valence-corrected chi connectivity index (χ1v) is 6.12. The van der Waals surface area contributed by atoms with Crippen LogP contribution in [0.2, 0.25) is 0 Å². The summed E-state index contributed by atoms with van der Waals surface area (Å²) < 4.78 is 18.0. The van der Waals surface area contributed by atoms with E-state index in [1.165, 1.54) is 0 Å². The number of rotatable bonds is 8. The van der Waals surface area contributed by atoms with Gasteiger partial charge in [-0.25, -0.2) is 0 Å². The van der Waals surface area contributed by atoms with Gasteiger partial charge in [0.25, 0.3) is 0 Å². The van der Waals surface area contributed by atoms with Crippen LogP contribution in [0.3, 0.4) is 0 Å². The molecule has 1 aromatic heterocycles. The number of methoxy groups -OCH3 is 3. The van der Waals surface area contributed by atoms with Crippen LogP contribution in [0.15, 0.2) is 6.20 Å². The highest BCUT2D eigenvalue weighted by Crippen LogP contribution is 2.28. The van der Waals surface area contributed by atoms with Crippen molar-refractivity contribution in [2.75, 3.05) is 27.9 Å². The average molecular weight is 257 g/mol. The van der Waals surface area contributed by atoms with Gasteiger partial charge in [0, 0.05) is 20.8 Å². The lowest BCUT2D eigenvalue weighted by Crippen LogP contribution is -2.36. The molecule has 104 valence electrons. The van der Waals surface area contributed by atoms with Gasteiger partial charge in [-0.15, -0.1) is 0 Å². The van der Waals surface area contributed by atoms with Crippen LogP contribution >= 0.6 is 0 Å². The molecule has 1 unspecified atom stereocenters. The molecule has 6 nitrogen and oxygen atoms in total. The minimum absolute atomic E-state index is 0.123. The number of nitrogens with one attached hydrogen (secondary N) is 1. The standard InChI is InChI=1S/C12H23N3O3/c1-6-13-10(12(17-4)18-5)11-9(16-3)8-14-15(11)7-2/h8,10,12-13H,6-7H2,1-5H3. The van der Waals surface area contributed by atoms with Gasteiger partial charge >= 0.3 is 0 Å². The van der Waals surface area contributed by atoms with Gasteiger partial charge in [-0.3, -0.25) is 4.68 Å². The van der Waals surface area contributed by atoms with Gasteiger partial charge in [0.05, 0.1) is 13.3 Å². The van der Waals surface area contributed by atoms with E-state index in [1.807, 2.05) is 18.5 Å². The fourth-order valence-electron chi connectivity index (χ4n) is 2.01. The van der Waals surface area contributed by atoms with E-state index in [4.69, 9.17) is 14.2 Å². The maximum Gasteiger partial charge on any atom is 0.177 e. The van der Waals surface area contributed by atoms with Crippen LogP contribution in [-0.4, -0.2) is 43.9 Å². The Balaban J connectivity index is 3.14. The van der Waals surface area contributed by atoms with Crippen LogP contribution in [-0.2, 0) is 16.0 Å². The Bertz CT molecular complexity index is 329. The van der Waals surface area contributed by atoms with Crippen LogP contribution < -0.4 is 10.1 Å². The summed E-state index contributed by atoms with van der Waals surface area (Å²) in [6, 6.07) is -0.123. The molecule has 0 amide bonds. The van der Waals surface area contributed by atoms with E-state index in [-0.39, 0.29) is 12.3 Å². The number of ether oxygens (including phenoxy) is 3. The zero-order valence-corrected chi connectivity index (χ0v) is 11.8. The number of nitrogens with zero attached hydrogens (tertiary/aromatic N) is 2. The molecule has 0 fully saturated rings. The first-order chi connectivity index (χ1) is 8.73. The summed E-state index contributed by atoms with van der Waals surface area (Å²) in [4.78, 5) is 0. The molecule has 1 aromatic rings. The summed E-state index contributed by atoms with van der Waals surface area (Å²) in [5.41, 5.74) is 0.940. The quantitative estimate of drug-likeness (QED) is 0.709. The van der Waals surface area contributed by atoms with Crippen LogP contribution in [0.4, 0.5) is 0 Å². The van der Waals surface area contributed by atoms with E-state index < -0.39 is 0 Å². The van der Waals surface area contributed by atoms with Crippen molar-refractivity contribution in [1.82, 2.24) is 15.1 Å². The zero-order chi connectivity index (χ0) is 13.5. The van der Waals surface area contributed by atoms with Gasteiger partial charge in [0.1, 0.15) is 11.7 Å². The molecule has 1 atom stereocenters. The summed E-state index contributed by atoms with van der Waals surface area (Å²) in [7, 11) is 4.88. The van der Waals surface area contributed by atoms with Crippen molar-refractivity contribution in [3.05, 3.63) is 11.9 Å². The van der Waals surface area contributed by atoms with Crippen molar-refractivity contribution in [3.63, 3.8) is 0 Å². The molecule has 6 heteroatoms. The Morgan fingerprint density at radius 2 is 1.94 bits per heavy atom. The molecule has 0 saturated heterocycles. The van der Waals surface area contributed by atoms with Gasteiger partial charge in [-0.05, 0) is 13.5 Å². The number of aryl methyl sites for hydroxylation is 1. The Morgan fingerprint density at radius 3 is 2.39 bits per heavy atom. The van der Waals surface area contributed by atoms with Crippen LogP contribution in [0.5, 0.6) is 5.75 Å². The molecular weight excluding hydrogens is 234 g/mol. The van der Waals surface area contributed by atoms with Crippen molar-refractivity contribution in [2.24, 2.45) is 0 Å². The summed E-state index contributed by atoms with van der Waals surface area (Å²) in [5, 5.41) is 7.65. The molecule has 1 rings (SSSR count). The predicted molar refractivity (Wildman–Crippen MR) is 68.7 cm³/mol. The van der Waals surface area contributed by atoms with Crippen molar-refractivity contribution >= 4 is 0 Å². The molecule has 0 aliphatic carbocycles. The highest BCUT2D eigenvalue weighted by Gasteiger charge is 2.28. The second-order valence-electron chi connectivity index (χ2n) is 3.79. The topological polar surface area (TPSA) is 57.5 Å². The lowest BCUT2D eigenvalue weighted by atomic mass is 10.1. The molecule has 1 N–H and O–H groups in total. The molecule has 0 aliphatic heterocycles. The van der Waals surface area contributed by atoms with Crippen LogP contribution in [0.25, 0.3) is 0 Å². The largest absolute Gasteiger partial charge is 0.493 e. The first-order valence-electron chi connectivity index (χ1n) is 6.12. The lowest BCUT2D eigenvalue weighted by molar-refractivity contribution is -0.125. The average Bonchev–Trinajstić information content (AvgIpc) is 2.81. The Labute approximate surface area is 108 Å². The number of hydrogen-bond donors (Lipinski definition) is 1. The second-order valence-corrected chi connectivity index (χ2v) is 3.79. The first kappa shape index (κ1) is 14.9. The molecule has 0 aliphatic rings. The lowest BCUT2D eigenvalue weighted by Gasteiger charge is -2.26. The third-order valence-corrected chi connectivity index (χ3v) is 2.82. The van der Waals surface area contributed by atoms with Crippen LogP contribution in [0.1, 0.15) is 25.6 Å². The third kappa shape index (κ3) is 3.01. The number of likely N-dealkylation sites (N-methyl/N-ethyl adjacent to an activating group) is 1. The molecule has 0 aromatic carbocycles. The van der Waals surface area contributed by atoms with E-state index in [1.54, 1.807) is 27.5 Å². The van der Waals surface area contributed by atoms with Crippen molar-refractivity contribution in [3.8, 4) is 5.75 Å². The fourth-order valence-corrected chi connectivity index (χ4v) is 2.01. The zero-order valence-electron chi connectivity index (χ0n) is 11.8. The minimum Gasteiger partial charge on any atom is -0.493 e. The SMILES string of the molecule is CCNC(c1c(OC)cnn1CC)C(OC)OC. The number of hydrogen-bond acceptors (Lipinski definition) is 5. The van der Waals surface area contributed by atoms with Crippen molar-refractivity contribution < 1.29 is 14.2 Å². The summed E-state index contributed by atoms with van der Waals surface area (Å²) >= 11 is 0. The third-order valence-electron chi connectivity index (χ3n) is 2.82. The summed E-state index contributed by atoms with van der Waals surface area (Å²) in [5.74, 6) is 0.738. The maximum atomic E-state index is 5.36. The molecule has 0 radical (unpaired) electrons. The van der Waals surface area contributed by atoms with E-state index in [0.29, 0.717) is 0 Å². The van der Waals surface area contributed by atoms with E-state index in [9.17, 15) is 0 Å².